The van der Waals surface area contributed by atoms with E-state index in [1.807, 2.05) is 13.8 Å². The number of carbonyl (C=O) groups is 5. The fourth-order valence-electron chi connectivity index (χ4n) is 7.88. The third kappa shape index (κ3) is 10.3. The molecule has 57 heavy (non-hydrogen) atoms. The summed E-state index contributed by atoms with van der Waals surface area (Å²) in [4.78, 5) is 70.4. The first-order valence-corrected chi connectivity index (χ1v) is 18.9. The Morgan fingerprint density at radius 2 is 1.42 bits per heavy atom. The maximum Gasteiger partial charge on any atom is 0.340 e. The van der Waals surface area contributed by atoms with E-state index >= 15 is 0 Å². The van der Waals surface area contributed by atoms with Gasteiger partial charge in [0.15, 0.2) is 6.10 Å². The Bertz CT molecular complexity index is 1810. The van der Waals surface area contributed by atoms with Gasteiger partial charge in [0, 0.05) is 57.5 Å². The van der Waals surface area contributed by atoms with Crippen molar-refractivity contribution >= 4 is 29.8 Å². The molecule has 2 aliphatic carbocycles. The number of aliphatic hydroxyl groups is 2. The maximum absolute atomic E-state index is 13.9. The first-order chi connectivity index (χ1) is 26.6. The molecule has 1 aromatic carbocycles. The lowest BCUT2D eigenvalue weighted by molar-refractivity contribution is -0.193. The van der Waals surface area contributed by atoms with Gasteiger partial charge in [-0.1, -0.05) is 71.5 Å². The van der Waals surface area contributed by atoms with Gasteiger partial charge in [-0.2, -0.15) is 0 Å². The molecule has 4 rings (SSSR count). The normalized spacial score (nSPS) is 31.2. The Labute approximate surface area is 333 Å². The summed E-state index contributed by atoms with van der Waals surface area (Å²) in [5.41, 5.74) is -5.21. The van der Waals surface area contributed by atoms with Crippen molar-refractivity contribution in [3.63, 3.8) is 0 Å². The number of fused-ring (bicyclic) bond motifs is 1. The Balaban J connectivity index is 2.06. The van der Waals surface area contributed by atoms with E-state index in [0.29, 0.717) is 0 Å². The van der Waals surface area contributed by atoms with Crippen LogP contribution in [-0.4, -0.2) is 99.5 Å². The zero-order valence-electron chi connectivity index (χ0n) is 34.0. The predicted octanol–water partition coefficient (Wildman–Crippen LogP) is 4.96. The number of benzene rings is 1. The van der Waals surface area contributed by atoms with Gasteiger partial charge in [0.1, 0.15) is 41.7 Å². The van der Waals surface area contributed by atoms with E-state index in [2.05, 4.69) is 11.6 Å². The third-order valence-electron chi connectivity index (χ3n) is 10.3. The van der Waals surface area contributed by atoms with Gasteiger partial charge in [0.2, 0.25) is 0 Å². The van der Waals surface area contributed by atoms with Crippen LogP contribution in [0.3, 0.4) is 0 Å². The number of hydrogen-bond donors (Lipinski definition) is 2. The number of aromatic nitrogens is 1. The lowest BCUT2D eigenvalue weighted by atomic mass is 9.71. The minimum absolute atomic E-state index is 0.0344. The zero-order chi connectivity index (χ0) is 42.5. The first-order valence-electron chi connectivity index (χ1n) is 18.9. The molecule has 1 aromatic heterocycles. The van der Waals surface area contributed by atoms with Crippen molar-refractivity contribution in [2.24, 2.45) is 23.2 Å². The van der Waals surface area contributed by atoms with E-state index in [4.69, 9.17) is 28.4 Å². The SMILES string of the molecule is C=C1C(OCC(C)C)C(O)C(OC(=O)c2cccnc2)C(C)(C)C=CC(C)C(OC(C)=O)C2(O)CC(C)(OC(C)=O)C(OC(=O)c3ccccc3)C2C1OC(C)=O. The Morgan fingerprint density at radius 3 is 1.98 bits per heavy atom. The summed E-state index contributed by atoms with van der Waals surface area (Å²) in [7, 11) is 0. The minimum Gasteiger partial charge on any atom is -0.459 e. The van der Waals surface area contributed by atoms with Crippen LogP contribution >= 0.6 is 0 Å². The molecule has 14 heteroatoms. The second kappa shape index (κ2) is 18.1. The quantitative estimate of drug-likeness (QED) is 0.186. The summed E-state index contributed by atoms with van der Waals surface area (Å²) >= 11 is 0. The van der Waals surface area contributed by atoms with E-state index in [9.17, 15) is 34.2 Å². The highest BCUT2D eigenvalue weighted by atomic mass is 16.6. The van der Waals surface area contributed by atoms with Gasteiger partial charge in [0.05, 0.1) is 17.0 Å². The number of ether oxygens (including phenoxy) is 6. The number of pyridine rings is 1. The second-order valence-electron chi connectivity index (χ2n) is 16.2. The fourth-order valence-corrected chi connectivity index (χ4v) is 7.88. The Hall–Kier alpha value is -4.92. The van der Waals surface area contributed by atoms with E-state index in [1.54, 1.807) is 57.2 Å². The summed E-state index contributed by atoms with van der Waals surface area (Å²) in [6.07, 6.45) is -3.67. The molecule has 0 aliphatic heterocycles. The summed E-state index contributed by atoms with van der Waals surface area (Å²) in [5.74, 6) is -6.65. The van der Waals surface area contributed by atoms with Crippen LogP contribution < -0.4 is 0 Å². The molecule has 1 heterocycles. The van der Waals surface area contributed by atoms with Crippen molar-refractivity contribution < 1.29 is 62.6 Å². The number of aliphatic hydroxyl groups excluding tert-OH is 1. The number of esters is 5. The number of hydrogen-bond acceptors (Lipinski definition) is 14. The molecule has 1 fully saturated rings. The molecule has 10 unspecified atom stereocenters. The van der Waals surface area contributed by atoms with Crippen LogP contribution in [0.2, 0.25) is 0 Å². The van der Waals surface area contributed by atoms with Crippen molar-refractivity contribution in [3.8, 4) is 0 Å². The van der Waals surface area contributed by atoms with Crippen LogP contribution in [0.5, 0.6) is 0 Å². The molecular formula is C43H55NO13. The van der Waals surface area contributed by atoms with E-state index < -0.39 is 101 Å². The first kappa shape index (κ1) is 44.8. The molecule has 2 aliphatic rings. The van der Waals surface area contributed by atoms with Gasteiger partial charge in [-0.3, -0.25) is 19.4 Å². The maximum atomic E-state index is 13.9. The molecular weight excluding hydrogens is 738 g/mol. The van der Waals surface area contributed by atoms with Crippen LogP contribution in [0.1, 0.15) is 89.5 Å². The number of carbonyl (C=O) groups excluding carboxylic acids is 5. The molecule has 0 radical (unpaired) electrons. The number of rotatable bonds is 10. The van der Waals surface area contributed by atoms with Gasteiger partial charge < -0.3 is 38.6 Å². The standard InChI is InChI=1S/C43H55NO13/c1-24(2)22-52-35-26(4)34(53-27(5)45)32-37(55-39(49)30-15-12-11-13-16-30)42(10,57-29(7)47)23-43(32,51)36(54-28(6)46)25(3)18-19-41(8,9)38(33(35)48)56-40(50)31-17-14-20-44-21-31/h11-21,24-25,32-38,48,51H,4,22-23H2,1-3,5-10H3. The average Bonchev–Trinajstić information content (AvgIpc) is 3.35. The summed E-state index contributed by atoms with van der Waals surface area (Å²) < 4.78 is 36.5. The van der Waals surface area contributed by atoms with Crippen molar-refractivity contribution in [3.05, 3.63) is 90.3 Å². The summed E-state index contributed by atoms with van der Waals surface area (Å²) in [5, 5.41) is 25.7. The molecule has 10 atom stereocenters. The van der Waals surface area contributed by atoms with Crippen molar-refractivity contribution in [1.82, 2.24) is 4.98 Å². The molecule has 0 spiro atoms. The average molecular weight is 794 g/mol. The number of nitrogens with zero attached hydrogens (tertiary/aromatic N) is 1. The molecule has 1 saturated carbocycles. The summed E-state index contributed by atoms with van der Waals surface area (Å²) in [6, 6.07) is 11.0. The van der Waals surface area contributed by atoms with Gasteiger partial charge >= 0.3 is 29.8 Å². The van der Waals surface area contributed by atoms with Gasteiger partial charge in [-0.25, -0.2) is 9.59 Å². The zero-order valence-corrected chi connectivity index (χ0v) is 34.0. The van der Waals surface area contributed by atoms with Gasteiger partial charge in [-0.15, -0.1) is 0 Å². The van der Waals surface area contributed by atoms with Crippen LogP contribution in [0, 0.1) is 23.2 Å². The molecule has 14 nitrogen and oxygen atoms in total. The second-order valence-corrected chi connectivity index (χ2v) is 16.2. The lowest BCUT2D eigenvalue weighted by Gasteiger charge is -2.46. The fraction of sp³-hybridized carbons (Fsp3) is 0.535. The highest BCUT2D eigenvalue weighted by Crippen LogP contribution is 2.54. The Morgan fingerprint density at radius 1 is 0.825 bits per heavy atom. The third-order valence-corrected chi connectivity index (χ3v) is 10.3. The topological polar surface area (TPSA) is 194 Å². The van der Waals surface area contributed by atoms with Crippen LogP contribution in [0.4, 0.5) is 0 Å². The molecule has 0 amide bonds. The van der Waals surface area contributed by atoms with Crippen molar-refractivity contribution in [2.75, 3.05) is 6.61 Å². The van der Waals surface area contributed by atoms with Gasteiger partial charge in [0.25, 0.3) is 0 Å². The van der Waals surface area contributed by atoms with Crippen molar-refractivity contribution in [2.45, 2.75) is 117 Å². The van der Waals surface area contributed by atoms with E-state index in [0.717, 1.165) is 20.8 Å². The van der Waals surface area contributed by atoms with Crippen LogP contribution in [-0.2, 0) is 42.8 Å². The van der Waals surface area contributed by atoms with Crippen LogP contribution in [0.25, 0.3) is 0 Å². The molecule has 2 aromatic rings. The Kier molecular flexibility index (Phi) is 14.2. The largest absolute Gasteiger partial charge is 0.459 e. The smallest absolute Gasteiger partial charge is 0.340 e. The lowest BCUT2D eigenvalue weighted by Crippen LogP contribution is -2.59. The summed E-state index contributed by atoms with van der Waals surface area (Å²) in [6.45, 7) is 18.0. The molecule has 310 valence electrons. The monoisotopic (exact) mass is 793 g/mol. The van der Waals surface area contributed by atoms with Crippen LogP contribution in [0.15, 0.2) is 79.2 Å². The highest BCUT2D eigenvalue weighted by Gasteiger charge is 2.70. The molecule has 0 saturated heterocycles. The van der Waals surface area contributed by atoms with E-state index in [1.165, 1.54) is 37.5 Å². The van der Waals surface area contributed by atoms with E-state index in [-0.39, 0.29) is 29.2 Å². The molecule has 0 bridgehead atoms. The molecule has 2 N–H and O–H groups in total. The minimum atomic E-state index is -2.30. The highest BCUT2D eigenvalue weighted by molar-refractivity contribution is 5.90. The predicted molar refractivity (Wildman–Crippen MR) is 205 cm³/mol. The van der Waals surface area contributed by atoms with Crippen molar-refractivity contribution in [1.29, 1.82) is 0 Å². The van der Waals surface area contributed by atoms with Gasteiger partial charge in [-0.05, 0) is 42.7 Å².